The first kappa shape index (κ1) is 20.3. The van der Waals surface area contributed by atoms with E-state index in [2.05, 4.69) is 59.7 Å². The number of anilines is 2. The molecule has 1 aromatic rings. The molecule has 1 N–H and O–H groups in total. The van der Waals surface area contributed by atoms with E-state index in [0.29, 0.717) is 6.04 Å². The van der Waals surface area contributed by atoms with Crippen LogP contribution in [0.25, 0.3) is 0 Å². The minimum atomic E-state index is -0.0325. The number of nitrogens with zero attached hydrogens (tertiary/aromatic N) is 5. The summed E-state index contributed by atoms with van der Waals surface area (Å²) in [5.74, 6) is 1.55. The second kappa shape index (κ2) is 8.27. The highest BCUT2D eigenvalue weighted by molar-refractivity contribution is 5.44. The standard InChI is InChI=1S/C20H36N6O/c1-6-7-8-21-16-13-19(2,3)26(20(4,5)14-16)18-23-15-22-17(24-18)25-9-11-27-12-10-25/h15-16,21H,6-14H2,1-5H3. The highest BCUT2D eigenvalue weighted by atomic mass is 16.5. The molecule has 2 fully saturated rings. The minimum absolute atomic E-state index is 0.0325. The molecule has 7 heteroatoms. The van der Waals surface area contributed by atoms with Gasteiger partial charge in [-0.05, 0) is 53.5 Å². The van der Waals surface area contributed by atoms with E-state index < -0.39 is 0 Å². The maximum absolute atomic E-state index is 5.46. The Labute approximate surface area is 163 Å². The lowest BCUT2D eigenvalue weighted by atomic mass is 9.77. The molecule has 0 spiro atoms. The van der Waals surface area contributed by atoms with Crippen LogP contribution in [0.4, 0.5) is 11.9 Å². The van der Waals surface area contributed by atoms with E-state index in [1.807, 2.05) is 0 Å². The van der Waals surface area contributed by atoms with E-state index in [1.54, 1.807) is 6.33 Å². The van der Waals surface area contributed by atoms with Crippen molar-refractivity contribution in [2.75, 3.05) is 42.6 Å². The molecule has 0 saturated carbocycles. The van der Waals surface area contributed by atoms with Crippen molar-refractivity contribution in [2.24, 2.45) is 0 Å². The molecule has 0 atom stereocenters. The Morgan fingerprint density at radius 3 is 2.33 bits per heavy atom. The molecule has 0 amide bonds. The van der Waals surface area contributed by atoms with E-state index in [9.17, 15) is 0 Å². The summed E-state index contributed by atoms with van der Waals surface area (Å²) in [5.41, 5.74) is -0.0650. The molecule has 3 heterocycles. The minimum Gasteiger partial charge on any atom is -0.378 e. The Hall–Kier alpha value is -1.47. The number of piperidine rings is 1. The number of nitrogens with one attached hydrogen (secondary N) is 1. The monoisotopic (exact) mass is 376 g/mol. The molecule has 27 heavy (non-hydrogen) atoms. The van der Waals surface area contributed by atoms with Gasteiger partial charge in [0.25, 0.3) is 0 Å². The predicted octanol–water partition coefficient (Wildman–Crippen LogP) is 2.62. The smallest absolute Gasteiger partial charge is 0.231 e. The predicted molar refractivity (Wildman–Crippen MR) is 109 cm³/mol. The summed E-state index contributed by atoms with van der Waals surface area (Å²) in [5, 5.41) is 3.77. The van der Waals surface area contributed by atoms with Crippen LogP contribution in [0.2, 0.25) is 0 Å². The fourth-order valence-corrected chi connectivity index (χ4v) is 4.75. The van der Waals surface area contributed by atoms with Gasteiger partial charge in [0.15, 0.2) is 0 Å². The van der Waals surface area contributed by atoms with Gasteiger partial charge in [-0.2, -0.15) is 4.98 Å². The summed E-state index contributed by atoms with van der Waals surface area (Å²) in [6, 6.07) is 0.526. The van der Waals surface area contributed by atoms with Crippen LogP contribution in [0.5, 0.6) is 0 Å². The number of rotatable bonds is 6. The number of ether oxygens (including phenoxy) is 1. The van der Waals surface area contributed by atoms with Crippen LogP contribution in [-0.2, 0) is 4.74 Å². The van der Waals surface area contributed by atoms with Gasteiger partial charge in [-0.25, -0.2) is 9.97 Å². The Morgan fingerprint density at radius 2 is 1.70 bits per heavy atom. The van der Waals surface area contributed by atoms with Crippen molar-refractivity contribution >= 4 is 11.9 Å². The molecule has 2 aliphatic rings. The maximum Gasteiger partial charge on any atom is 0.231 e. The van der Waals surface area contributed by atoms with Gasteiger partial charge in [-0.1, -0.05) is 13.3 Å². The molecular formula is C20H36N6O. The summed E-state index contributed by atoms with van der Waals surface area (Å²) < 4.78 is 5.46. The van der Waals surface area contributed by atoms with E-state index in [0.717, 1.165) is 57.6 Å². The Morgan fingerprint density at radius 1 is 1.07 bits per heavy atom. The van der Waals surface area contributed by atoms with Gasteiger partial charge in [0.2, 0.25) is 11.9 Å². The van der Waals surface area contributed by atoms with Crippen molar-refractivity contribution in [3.63, 3.8) is 0 Å². The third-order valence-corrected chi connectivity index (χ3v) is 5.71. The van der Waals surface area contributed by atoms with E-state index >= 15 is 0 Å². The molecular weight excluding hydrogens is 340 g/mol. The van der Waals surface area contributed by atoms with Crippen molar-refractivity contribution in [1.29, 1.82) is 0 Å². The molecule has 0 unspecified atom stereocenters. The van der Waals surface area contributed by atoms with Crippen LogP contribution in [0.15, 0.2) is 6.33 Å². The zero-order valence-electron chi connectivity index (χ0n) is 17.7. The number of unbranched alkanes of at least 4 members (excludes halogenated alkanes) is 1. The lowest BCUT2D eigenvalue weighted by Crippen LogP contribution is -2.64. The van der Waals surface area contributed by atoms with Gasteiger partial charge in [-0.3, -0.25) is 0 Å². The van der Waals surface area contributed by atoms with Crippen molar-refractivity contribution < 1.29 is 4.74 Å². The van der Waals surface area contributed by atoms with Crippen molar-refractivity contribution in [2.45, 2.75) is 77.4 Å². The first-order valence-corrected chi connectivity index (χ1v) is 10.4. The molecule has 1 aromatic heterocycles. The van der Waals surface area contributed by atoms with Crippen LogP contribution in [0.3, 0.4) is 0 Å². The summed E-state index contributed by atoms with van der Waals surface area (Å²) >= 11 is 0. The highest BCUT2D eigenvalue weighted by Crippen LogP contribution is 2.40. The average molecular weight is 377 g/mol. The number of morpholine rings is 1. The lowest BCUT2D eigenvalue weighted by molar-refractivity contribution is 0.122. The first-order valence-electron chi connectivity index (χ1n) is 10.4. The first-order chi connectivity index (χ1) is 12.8. The summed E-state index contributed by atoms with van der Waals surface area (Å²) in [6.07, 6.45) is 6.29. The normalized spacial score (nSPS) is 22.9. The molecule has 0 bridgehead atoms. The van der Waals surface area contributed by atoms with Gasteiger partial charge >= 0.3 is 0 Å². The second-order valence-electron chi connectivity index (χ2n) is 9.06. The third kappa shape index (κ3) is 4.69. The molecule has 3 rings (SSSR count). The van der Waals surface area contributed by atoms with Crippen LogP contribution in [0, 0.1) is 0 Å². The molecule has 0 aromatic carbocycles. The van der Waals surface area contributed by atoms with E-state index in [1.165, 1.54) is 12.8 Å². The van der Waals surface area contributed by atoms with Crippen LogP contribution in [-0.4, -0.2) is 64.9 Å². The van der Waals surface area contributed by atoms with Gasteiger partial charge in [0.1, 0.15) is 6.33 Å². The highest BCUT2D eigenvalue weighted by Gasteiger charge is 2.46. The molecule has 2 saturated heterocycles. The Kier molecular flexibility index (Phi) is 6.21. The summed E-state index contributed by atoms with van der Waals surface area (Å²) in [6.45, 7) is 15.7. The Balaban J connectivity index is 1.80. The quantitative estimate of drug-likeness (QED) is 0.766. The molecule has 152 valence electrons. The average Bonchev–Trinajstić information content (AvgIpc) is 2.61. The number of hydrogen-bond acceptors (Lipinski definition) is 7. The zero-order valence-corrected chi connectivity index (χ0v) is 17.7. The van der Waals surface area contributed by atoms with Crippen LogP contribution < -0.4 is 15.1 Å². The zero-order chi connectivity index (χ0) is 19.5. The van der Waals surface area contributed by atoms with Crippen molar-refractivity contribution in [1.82, 2.24) is 20.3 Å². The van der Waals surface area contributed by atoms with Crippen molar-refractivity contribution in [3.8, 4) is 0 Å². The summed E-state index contributed by atoms with van der Waals surface area (Å²) in [7, 11) is 0. The number of hydrogen-bond donors (Lipinski definition) is 1. The van der Waals surface area contributed by atoms with E-state index in [-0.39, 0.29) is 11.1 Å². The largest absolute Gasteiger partial charge is 0.378 e. The molecule has 2 aliphatic heterocycles. The topological polar surface area (TPSA) is 66.4 Å². The number of aromatic nitrogens is 3. The van der Waals surface area contributed by atoms with Gasteiger partial charge < -0.3 is 19.9 Å². The summed E-state index contributed by atoms with van der Waals surface area (Å²) in [4.78, 5) is 18.5. The lowest BCUT2D eigenvalue weighted by Gasteiger charge is -2.55. The van der Waals surface area contributed by atoms with Crippen LogP contribution >= 0.6 is 0 Å². The molecule has 0 radical (unpaired) electrons. The third-order valence-electron chi connectivity index (χ3n) is 5.71. The molecule has 7 nitrogen and oxygen atoms in total. The van der Waals surface area contributed by atoms with Crippen LogP contribution in [0.1, 0.15) is 60.3 Å². The fraction of sp³-hybridized carbons (Fsp3) is 0.850. The van der Waals surface area contributed by atoms with Gasteiger partial charge in [0.05, 0.1) is 13.2 Å². The SMILES string of the molecule is CCCCNC1CC(C)(C)N(c2ncnc(N3CCOCC3)n2)C(C)(C)C1. The van der Waals surface area contributed by atoms with Crippen molar-refractivity contribution in [3.05, 3.63) is 6.33 Å². The maximum atomic E-state index is 5.46. The van der Waals surface area contributed by atoms with Gasteiger partial charge in [0, 0.05) is 30.2 Å². The fourth-order valence-electron chi connectivity index (χ4n) is 4.75. The molecule has 0 aliphatic carbocycles. The second-order valence-corrected chi connectivity index (χ2v) is 9.06. The Bertz CT molecular complexity index is 596. The van der Waals surface area contributed by atoms with Gasteiger partial charge in [-0.15, -0.1) is 0 Å². The van der Waals surface area contributed by atoms with E-state index in [4.69, 9.17) is 9.72 Å².